The Morgan fingerprint density at radius 3 is 3.00 bits per heavy atom. The van der Waals surface area contributed by atoms with Crippen LogP contribution in [0.1, 0.15) is 47.3 Å². The number of hydrogen-bond acceptors (Lipinski definition) is 4. The summed E-state index contributed by atoms with van der Waals surface area (Å²) in [5.41, 5.74) is 1.64. The second-order valence-electron chi connectivity index (χ2n) is 6.63. The Hall–Kier alpha value is -2.05. The van der Waals surface area contributed by atoms with Gasteiger partial charge in [-0.05, 0) is 50.1 Å². The third-order valence-corrected chi connectivity index (χ3v) is 4.62. The molecule has 24 heavy (non-hydrogen) atoms. The number of furan rings is 1. The molecule has 6 heteroatoms. The molecule has 1 aliphatic heterocycles. The molecule has 2 N–H and O–H groups in total. The van der Waals surface area contributed by atoms with Gasteiger partial charge in [0.2, 0.25) is 0 Å². The zero-order valence-electron chi connectivity index (χ0n) is 14.2. The van der Waals surface area contributed by atoms with E-state index in [9.17, 15) is 9.90 Å². The monoisotopic (exact) mass is 331 g/mol. The lowest BCUT2D eigenvalue weighted by Crippen LogP contribution is -2.30. The Morgan fingerprint density at radius 2 is 2.29 bits per heavy atom. The fourth-order valence-electron chi connectivity index (χ4n) is 3.34. The fourth-order valence-corrected chi connectivity index (χ4v) is 3.34. The van der Waals surface area contributed by atoms with Crippen molar-refractivity contribution in [3.8, 4) is 0 Å². The van der Waals surface area contributed by atoms with Gasteiger partial charge in [-0.1, -0.05) is 0 Å². The molecule has 2 aromatic rings. The van der Waals surface area contributed by atoms with Crippen LogP contribution >= 0.6 is 0 Å². The highest BCUT2D eigenvalue weighted by molar-refractivity contribution is 5.92. The predicted molar refractivity (Wildman–Crippen MR) is 90.5 cm³/mol. The quantitative estimate of drug-likeness (QED) is 0.852. The summed E-state index contributed by atoms with van der Waals surface area (Å²) < 4.78 is 5.29. The third-order valence-electron chi connectivity index (χ3n) is 4.62. The number of aliphatic hydroxyl groups is 1. The summed E-state index contributed by atoms with van der Waals surface area (Å²) in [7, 11) is 3.49. The molecule has 2 unspecified atom stereocenters. The van der Waals surface area contributed by atoms with Crippen LogP contribution in [-0.4, -0.2) is 52.5 Å². The lowest BCUT2D eigenvalue weighted by molar-refractivity contribution is 0.0822. The van der Waals surface area contributed by atoms with Crippen LogP contribution in [0.15, 0.2) is 34.9 Å². The number of aromatic amines is 1. The third kappa shape index (κ3) is 3.71. The largest absolute Gasteiger partial charge is 0.467 e. The molecule has 1 fully saturated rings. The fraction of sp³-hybridized carbons (Fsp3) is 0.500. The molecule has 6 nitrogen and oxygen atoms in total. The molecule has 2 atom stereocenters. The molecular formula is C18H25N3O3. The van der Waals surface area contributed by atoms with Gasteiger partial charge in [-0.3, -0.25) is 9.69 Å². The predicted octanol–water partition coefficient (Wildman–Crippen LogP) is 2.40. The number of hydrogen-bond donors (Lipinski definition) is 2. The number of H-pyrrole nitrogens is 1. The molecular weight excluding hydrogens is 306 g/mol. The van der Waals surface area contributed by atoms with E-state index in [0.29, 0.717) is 23.9 Å². The number of aliphatic hydroxyl groups excluding tert-OH is 1. The van der Waals surface area contributed by atoms with Gasteiger partial charge in [0.15, 0.2) is 0 Å². The van der Waals surface area contributed by atoms with Crippen molar-refractivity contribution in [1.82, 2.24) is 14.8 Å². The molecule has 0 radical (unpaired) electrons. The summed E-state index contributed by atoms with van der Waals surface area (Å²) in [5.74, 6) is 0.605. The first kappa shape index (κ1) is 16.8. The summed E-state index contributed by atoms with van der Waals surface area (Å²) in [6.45, 7) is 1.77. The molecule has 1 saturated heterocycles. The Kier molecular flexibility index (Phi) is 5.06. The van der Waals surface area contributed by atoms with Crippen molar-refractivity contribution in [1.29, 1.82) is 0 Å². The maximum Gasteiger partial charge on any atom is 0.269 e. The molecule has 130 valence electrons. The SMILES string of the molecule is CN(C)C(=O)c1ccc(CN2CCCC2CC(O)c2ccco2)[nH]1. The van der Waals surface area contributed by atoms with Gasteiger partial charge < -0.3 is 19.4 Å². The highest BCUT2D eigenvalue weighted by Gasteiger charge is 2.28. The van der Waals surface area contributed by atoms with Crippen molar-refractivity contribution in [2.75, 3.05) is 20.6 Å². The molecule has 0 aliphatic carbocycles. The zero-order valence-corrected chi connectivity index (χ0v) is 14.2. The molecule has 3 rings (SSSR count). The molecule has 1 aliphatic rings. The van der Waals surface area contributed by atoms with Gasteiger partial charge in [-0.25, -0.2) is 0 Å². The van der Waals surface area contributed by atoms with Crippen molar-refractivity contribution in [2.24, 2.45) is 0 Å². The van der Waals surface area contributed by atoms with Crippen LogP contribution in [0.2, 0.25) is 0 Å². The summed E-state index contributed by atoms with van der Waals surface area (Å²) in [6.07, 6.45) is 3.88. The van der Waals surface area contributed by atoms with E-state index in [1.807, 2.05) is 18.2 Å². The molecule has 0 spiro atoms. The van der Waals surface area contributed by atoms with Crippen LogP contribution in [0.3, 0.4) is 0 Å². The molecule has 1 amide bonds. The van der Waals surface area contributed by atoms with Crippen LogP contribution in [-0.2, 0) is 6.54 Å². The van der Waals surface area contributed by atoms with E-state index in [2.05, 4.69) is 9.88 Å². The van der Waals surface area contributed by atoms with E-state index in [4.69, 9.17) is 4.42 Å². The first-order chi connectivity index (χ1) is 11.5. The first-order valence-electron chi connectivity index (χ1n) is 8.39. The van der Waals surface area contributed by atoms with Crippen molar-refractivity contribution >= 4 is 5.91 Å². The summed E-state index contributed by atoms with van der Waals surface area (Å²) in [5, 5.41) is 10.3. The maximum absolute atomic E-state index is 12.0. The number of nitrogens with zero attached hydrogens (tertiary/aromatic N) is 2. The van der Waals surface area contributed by atoms with Crippen LogP contribution in [0.5, 0.6) is 0 Å². The van der Waals surface area contributed by atoms with Crippen molar-refractivity contribution in [3.05, 3.63) is 47.7 Å². The summed E-state index contributed by atoms with van der Waals surface area (Å²) in [6, 6.07) is 7.73. The highest BCUT2D eigenvalue weighted by Crippen LogP contribution is 2.28. The smallest absolute Gasteiger partial charge is 0.269 e. The molecule has 0 aromatic carbocycles. The van der Waals surface area contributed by atoms with Gasteiger partial charge in [0.25, 0.3) is 5.91 Å². The number of carbonyl (C=O) groups excluding carboxylic acids is 1. The van der Waals surface area contributed by atoms with Crippen LogP contribution in [0.4, 0.5) is 0 Å². The Balaban J connectivity index is 1.61. The second-order valence-corrected chi connectivity index (χ2v) is 6.63. The number of carbonyl (C=O) groups is 1. The van der Waals surface area contributed by atoms with Crippen molar-refractivity contribution < 1.29 is 14.3 Å². The topological polar surface area (TPSA) is 72.7 Å². The number of nitrogens with one attached hydrogen (secondary N) is 1. The van der Waals surface area contributed by atoms with E-state index in [1.165, 1.54) is 0 Å². The van der Waals surface area contributed by atoms with Crippen LogP contribution in [0, 0.1) is 0 Å². The van der Waals surface area contributed by atoms with E-state index in [-0.39, 0.29) is 5.91 Å². The minimum absolute atomic E-state index is 0.0209. The van der Waals surface area contributed by atoms with Gasteiger partial charge in [0, 0.05) is 32.4 Å². The average Bonchev–Trinajstić information content (AvgIpc) is 3.28. The maximum atomic E-state index is 12.0. The minimum Gasteiger partial charge on any atom is -0.467 e. The van der Waals surface area contributed by atoms with Crippen molar-refractivity contribution in [2.45, 2.75) is 38.0 Å². The number of likely N-dealkylation sites (tertiary alicyclic amines) is 1. The number of amides is 1. The van der Waals surface area contributed by atoms with Crippen LogP contribution in [0.25, 0.3) is 0 Å². The first-order valence-corrected chi connectivity index (χ1v) is 8.39. The molecule has 3 heterocycles. The van der Waals surface area contributed by atoms with E-state index in [1.54, 1.807) is 31.3 Å². The number of aromatic nitrogens is 1. The molecule has 0 saturated carbocycles. The second kappa shape index (κ2) is 7.23. The highest BCUT2D eigenvalue weighted by atomic mass is 16.4. The minimum atomic E-state index is -0.569. The van der Waals surface area contributed by atoms with Gasteiger partial charge >= 0.3 is 0 Å². The van der Waals surface area contributed by atoms with Gasteiger partial charge in [0.1, 0.15) is 17.6 Å². The van der Waals surface area contributed by atoms with E-state index in [0.717, 1.165) is 31.6 Å². The molecule has 0 bridgehead atoms. The Bertz CT molecular complexity index is 663. The summed E-state index contributed by atoms with van der Waals surface area (Å²) >= 11 is 0. The Labute approximate surface area is 142 Å². The van der Waals surface area contributed by atoms with Gasteiger partial charge in [-0.15, -0.1) is 0 Å². The Morgan fingerprint density at radius 1 is 1.46 bits per heavy atom. The van der Waals surface area contributed by atoms with Gasteiger partial charge in [0.05, 0.1) is 6.26 Å². The van der Waals surface area contributed by atoms with E-state index < -0.39 is 6.10 Å². The number of rotatable bonds is 6. The molecule has 2 aromatic heterocycles. The summed E-state index contributed by atoms with van der Waals surface area (Å²) in [4.78, 5) is 19.1. The normalized spacial score (nSPS) is 19.5. The lowest BCUT2D eigenvalue weighted by atomic mass is 10.1. The standard InChI is InChI=1S/C18H25N3O3/c1-20(2)18(23)15-8-7-13(19-15)12-21-9-3-5-14(21)11-16(22)17-6-4-10-24-17/h4,6-8,10,14,16,19,22H,3,5,9,11-12H2,1-2H3. The van der Waals surface area contributed by atoms with Crippen LogP contribution < -0.4 is 0 Å². The van der Waals surface area contributed by atoms with Crippen molar-refractivity contribution in [3.63, 3.8) is 0 Å². The lowest BCUT2D eigenvalue weighted by Gasteiger charge is -2.25. The zero-order chi connectivity index (χ0) is 17.1. The van der Waals surface area contributed by atoms with Gasteiger partial charge in [-0.2, -0.15) is 0 Å². The average molecular weight is 331 g/mol. The van der Waals surface area contributed by atoms with E-state index >= 15 is 0 Å².